The molecule has 0 aromatic heterocycles. The van der Waals surface area contributed by atoms with E-state index in [0.717, 1.165) is 0 Å². The number of phenolic OH excluding ortho intramolecular Hbond substituents is 1. The highest BCUT2D eigenvalue weighted by atomic mass is 35.5. The van der Waals surface area contributed by atoms with Gasteiger partial charge in [-0.1, -0.05) is 11.6 Å². The molecule has 0 heterocycles. The lowest BCUT2D eigenvalue weighted by Crippen LogP contribution is -2.17. The summed E-state index contributed by atoms with van der Waals surface area (Å²) in [6.45, 7) is 0. The maximum atomic E-state index is 11.9. The molecule has 0 aliphatic rings. The highest BCUT2D eigenvalue weighted by Gasteiger charge is 2.12. The predicted octanol–water partition coefficient (Wildman–Crippen LogP) is 2.73. The van der Waals surface area contributed by atoms with Crippen LogP contribution in [0.2, 0.25) is 5.02 Å². The van der Waals surface area contributed by atoms with E-state index >= 15 is 0 Å². The van der Waals surface area contributed by atoms with E-state index < -0.39 is 10.8 Å². The van der Waals surface area contributed by atoms with E-state index in [2.05, 4.69) is 10.5 Å². The molecule has 24 heavy (non-hydrogen) atoms. The van der Waals surface area contributed by atoms with Gasteiger partial charge in [0, 0.05) is 28.8 Å². The summed E-state index contributed by atoms with van der Waals surface area (Å²) in [4.78, 5) is 22.1. The molecule has 2 aromatic rings. The Bertz CT molecular complexity index is 823. The van der Waals surface area contributed by atoms with Crippen LogP contribution in [-0.4, -0.2) is 29.3 Å². The number of halogens is 1. The normalized spacial score (nSPS) is 10.6. The van der Waals surface area contributed by atoms with Crippen LogP contribution in [0.5, 0.6) is 11.5 Å². The van der Waals surface area contributed by atoms with Crippen LogP contribution in [0.4, 0.5) is 5.69 Å². The molecular formula is C15H12ClN3O5. The van der Waals surface area contributed by atoms with Crippen LogP contribution in [0.3, 0.4) is 0 Å². The number of carbonyl (C=O) groups excluding carboxylic acids is 1. The van der Waals surface area contributed by atoms with Crippen LogP contribution in [0.15, 0.2) is 41.5 Å². The number of ether oxygens (including phenoxy) is 1. The van der Waals surface area contributed by atoms with Gasteiger partial charge in [0.2, 0.25) is 0 Å². The number of methoxy groups -OCH3 is 1. The summed E-state index contributed by atoms with van der Waals surface area (Å²) < 4.78 is 4.92. The van der Waals surface area contributed by atoms with Crippen molar-refractivity contribution in [2.45, 2.75) is 0 Å². The molecule has 0 saturated heterocycles. The average Bonchev–Trinajstić information content (AvgIpc) is 2.55. The Labute approximate surface area is 141 Å². The molecule has 0 unspecified atom stereocenters. The van der Waals surface area contributed by atoms with Gasteiger partial charge in [-0.3, -0.25) is 14.9 Å². The minimum atomic E-state index is -0.659. The zero-order valence-corrected chi connectivity index (χ0v) is 13.1. The van der Waals surface area contributed by atoms with Gasteiger partial charge >= 0.3 is 0 Å². The molecule has 2 aromatic carbocycles. The fraction of sp³-hybridized carbons (Fsp3) is 0.0667. The van der Waals surface area contributed by atoms with Gasteiger partial charge in [-0.2, -0.15) is 5.10 Å². The smallest absolute Gasteiger partial charge is 0.275 e. The Hall–Kier alpha value is -3.13. The third-order valence-corrected chi connectivity index (χ3v) is 3.35. The molecule has 0 spiro atoms. The lowest BCUT2D eigenvalue weighted by Gasteiger charge is -2.05. The van der Waals surface area contributed by atoms with Crippen LogP contribution in [0.25, 0.3) is 0 Å². The van der Waals surface area contributed by atoms with Crippen molar-refractivity contribution in [1.82, 2.24) is 5.43 Å². The Morgan fingerprint density at radius 1 is 1.38 bits per heavy atom. The van der Waals surface area contributed by atoms with Crippen molar-refractivity contribution in [1.29, 1.82) is 0 Å². The quantitative estimate of drug-likeness (QED) is 0.489. The van der Waals surface area contributed by atoms with Crippen molar-refractivity contribution in [3.05, 3.63) is 62.7 Å². The van der Waals surface area contributed by atoms with Crippen LogP contribution < -0.4 is 10.2 Å². The maximum absolute atomic E-state index is 11.9. The number of nitro benzene ring substituents is 1. The standard InChI is InChI=1S/C15H12ClN3O5/c1-24-11-3-4-12(14(20)7-11)15(21)18-17-8-9-6-10(19(22)23)2-5-13(9)16/h2-8,20H,1H3,(H,18,21)/b17-8-. The second-order valence-electron chi connectivity index (χ2n) is 4.55. The van der Waals surface area contributed by atoms with Crippen molar-refractivity contribution in [3.8, 4) is 11.5 Å². The Morgan fingerprint density at radius 2 is 2.12 bits per heavy atom. The predicted molar refractivity (Wildman–Crippen MR) is 87.8 cm³/mol. The number of rotatable bonds is 5. The highest BCUT2D eigenvalue weighted by molar-refractivity contribution is 6.33. The molecule has 8 nitrogen and oxygen atoms in total. The number of non-ortho nitro benzene ring substituents is 1. The third kappa shape index (κ3) is 3.99. The molecule has 0 saturated carbocycles. The molecule has 0 atom stereocenters. The summed E-state index contributed by atoms with van der Waals surface area (Å²) in [6.07, 6.45) is 1.17. The maximum Gasteiger partial charge on any atom is 0.275 e. The Kier molecular flexibility index (Phi) is 5.33. The van der Waals surface area contributed by atoms with E-state index in [1.165, 1.54) is 49.7 Å². The molecule has 1 amide bonds. The van der Waals surface area contributed by atoms with Gasteiger partial charge in [0.15, 0.2) is 0 Å². The van der Waals surface area contributed by atoms with Gasteiger partial charge in [0.25, 0.3) is 11.6 Å². The minimum Gasteiger partial charge on any atom is -0.507 e. The topological polar surface area (TPSA) is 114 Å². The van der Waals surface area contributed by atoms with E-state index in [0.29, 0.717) is 5.75 Å². The molecule has 0 radical (unpaired) electrons. The van der Waals surface area contributed by atoms with Gasteiger partial charge in [-0.15, -0.1) is 0 Å². The zero-order valence-electron chi connectivity index (χ0n) is 12.4. The second-order valence-corrected chi connectivity index (χ2v) is 4.95. The number of hydrogen-bond donors (Lipinski definition) is 2. The van der Waals surface area contributed by atoms with Gasteiger partial charge in [0.05, 0.1) is 23.8 Å². The molecule has 9 heteroatoms. The Morgan fingerprint density at radius 3 is 2.75 bits per heavy atom. The number of hydrogen-bond acceptors (Lipinski definition) is 6. The fourth-order valence-electron chi connectivity index (χ4n) is 1.79. The number of nitrogens with one attached hydrogen (secondary N) is 1. The molecule has 2 N–H and O–H groups in total. The number of phenols is 1. The van der Waals surface area contributed by atoms with Crippen LogP contribution in [0, 0.1) is 10.1 Å². The van der Waals surface area contributed by atoms with Crippen molar-refractivity contribution in [2.24, 2.45) is 5.10 Å². The van der Waals surface area contributed by atoms with E-state index in [1.807, 2.05) is 0 Å². The van der Waals surface area contributed by atoms with E-state index in [9.17, 15) is 20.0 Å². The molecule has 0 bridgehead atoms. The van der Waals surface area contributed by atoms with Crippen LogP contribution >= 0.6 is 11.6 Å². The van der Waals surface area contributed by atoms with Crippen LogP contribution in [0.1, 0.15) is 15.9 Å². The zero-order chi connectivity index (χ0) is 17.7. The number of nitro groups is 1. The molecule has 2 rings (SSSR count). The largest absolute Gasteiger partial charge is 0.507 e. The third-order valence-electron chi connectivity index (χ3n) is 3.01. The van der Waals surface area contributed by atoms with E-state index in [4.69, 9.17) is 16.3 Å². The SMILES string of the molecule is COc1ccc(C(=O)N/N=C\c2cc([N+](=O)[O-])ccc2Cl)c(O)c1. The number of nitrogens with zero attached hydrogens (tertiary/aromatic N) is 2. The number of amides is 1. The molecule has 0 fully saturated rings. The fourth-order valence-corrected chi connectivity index (χ4v) is 1.96. The number of carbonyl (C=O) groups is 1. The summed E-state index contributed by atoms with van der Waals surface area (Å²) in [7, 11) is 1.43. The average molecular weight is 350 g/mol. The molecule has 0 aliphatic heterocycles. The first-order valence-corrected chi connectivity index (χ1v) is 6.94. The summed E-state index contributed by atoms with van der Waals surface area (Å²) in [6, 6.07) is 8.01. The lowest BCUT2D eigenvalue weighted by atomic mass is 10.2. The van der Waals surface area contributed by atoms with Crippen molar-refractivity contribution in [2.75, 3.05) is 7.11 Å². The number of benzene rings is 2. The van der Waals surface area contributed by atoms with Crippen molar-refractivity contribution in [3.63, 3.8) is 0 Å². The minimum absolute atomic E-state index is 0.00177. The Balaban J connectivity index is 2.13. The summed E-state index contributed by atoms with van der Waals surface area (Å²) in [5, 5.41) is 24.4. The second kappa shape index (κ2) is 7.42. The highest BCUT2D eigenvalue weighted by Crippen LogP contribution is 2.23. The monoisotopic (exact) mass is 349 g/mol. The number of hydrazone groups is 1. The molecule has 124 valence electrons. The van der Waals surface area contributed by atoms with Gasteiger partial charge in [-0.25, -0.2) is 5.43 Å². The first kappa shape index (κ1) is 17.2. The van der Waals surface area contributed by atoms with Crippen molar-refractivity contribution < 1.29 is 19.6 Å². The molecular weight excluding hydrogens is 338 g/mol. The first-order chi connectivity index (χ1) is 11.4. The van der Waals surface area contributed by atoms with E-state index in [1.54, 1.807) is 0 Å². The summed E-state index contributed by atoms with van der Waals surface area (Å²) in [5.41, 5.74) is 2.32. The van der Waals surface area contributed by atoms with Gasteiger partial charge in [-0.05, 0) is 18.2 Å². The van der Waals surface area contributed by atoms with Gasteiger partial charge < -0.3 is 9.84 Å². The molecule has 0 aliphatic carbocycles. The van der Waals surface area contributed by atoms with Crippen LogP contribution in [-0.2, 0) is 0 Å². The lowest BCUT2D eigenvalue weighted by molar-refractivity contribution is -0.384. The van der Waals surface area contributed by atoms with Gasteiger partial charge in [0.1, 0.15) is 11.5 Å². The first-order valence-electron chi connectivity index (χ1n) is 6.56. The van der Waals surface area contributed by atoms with Crippen molar-refractivity contribution >= 4 is 29.4 Å². The number of aromatic hydroxyl groups is 1. The summed E-state index contributed by atoms with van der Waals surface area (Å²) >= 11 is 5.91. The summed E-state index contributed by atoms with van der Waals surface area (Å²) in [5.74, 6) is -0.528. The van der Waals surface area contributed by atoms with E-state index in [-0.39, 0.29) is 27.6 Å².